The Balaban J connectivity index is 1.34. The molecular formula is C26H26N6O2. The highest BCUT2D eigenvalue weighted by atomic mass is 16.2. The van der Waals surface area contributed by atoms with E-state index in [0.717, 1.165) is 24.2 Å². The molecule has 2 amide bonds. The van der Waals surface area contributed by atoms with Crippen molar-refractivity contribution in [2.45, 2.75) is 38.6 Å². The number of amides is 2. The molecule has 3 heterocycles. The molecule has 0 N–H and O–H groups in total. The standard InChI is InChI=1S/C26H26N6O2/c1-26(2)15-32(23-7-6-18(11-22(23)26)8-9-30-17-28-16-29-30)25(34)20-12-24(33)31(14-20)21-5-3-4-19(10-21)13-27/h3-7,10-11,16-17,20H,8-9,12,14-15H2,1-2H3/t20-/m0/s1. The number of fused-ring (bicyclic) bond motifs is 1. The lowest BCUT2D eigenvalue weighted by Gasteiger charge is -2.23. The molecule has 1 fully saturated rings. The van der Waals surface area contributed by atoms with Gasteiger partial charge < -0.3 is 9.80 Å². The average molecular weight is 455 g/mol. The van der Waals surface area contributed by atoms with Gasteiger partial charge >= 0.3 is 0 Å². The molecule has 2 aliphatic rings. The summed E-state index contributed by atoms with van der Waals surface area (Å²) in [6.45, 7) is 5.96. The van der Waals surface area contributed by atoms with Gasteiger partial charge in [0.25, 0.3) is 0 Å². The van der Waals surface area contributed by atoms with Crippen LogP contribution in [0.3, 0.4) is 0 Å². The molecule has 5 rings (SSSR count). The zero-order valence-corrected chi connectivity index (χ0v) is 19.3. The third kappa shape index (κ3) is 3.94. The van der Waals surface area contributed by atoms with E-state index in [9.17, 15) is 14.9 Å². The highest BCUT2D eigenvalue weighted by Crippen LogP contribution is 2.42. The number of hydrogen-bond acceptors (Lipinski definition) is 5. The number of aryl methyl sites for hydroxylation is 2. The Kier molecular flexibility index (Phi) is 5.40. The number of carbonyl (C=O) groups is 2. The SMILES string of the molecule is CC1(C)CN(C(=O)[C@H]2CC(=O)N(c3cccc(C#N)c3)C2)c2ccc(CCn3cncn3)cc21. The third-order valence-electron chi connectivity index (χ3n) is 6.76. The van der Waals surface area contributed by atoms with Gasteiger partial charge in [0.15, 0.2) is 0 Å². The minimum atomic E-state index is -0.410. The van der Waals surface area contributed by atoms with Gasteiger partial charge in [-0.1, -0.05) is 32.0 Å². The van der Waals surface area contributed by atoms with Crippen LogP contribution in [0.25, 0.3) is 0 Å². The maximum Gasteiger partial charge on any atom is 0.232 e. The van der Waals surface area contributed by atoms with Crippen LogP contribution in [0.15, 0.2) is 55.1 Å². The van der Waals surface area contributed by atoms with Crippen LogP contribution in [-0.2, 0) is 28.0 Å². The van der Waals surface area contributed by atoms with Crippen LogP contribution < -0.4 is 9.80 Å². The Labute approximate surface area is 198 Å². The third-order valence-corrected chi connectivity index (χ3v) is 6.76. The molecule has 8 heteroatoms. The van der Waals surface area contributed by atoms with Crippen molar-refractivity contribution in [3.63, 3.8) is 0 Å². The lowest BCUT2D eigenvalue weighted by molar-refractivity contribution is -0.124. The zero-order chi connectivity index (χ0) is 23.9. The molecule has 8 nitrogen and oxygen atoms in total. The molecule has 0 aliphatic carbocycles. The number of benzene rings is 2. The second kappa shape index (κ2) is 8.41. The molecule has 172 valence electrons. The fourth-order valence-corrected chi connectivity index (χ4v) is 4.96. The lowest BCUT2D eigenvalue weighted by Crippen LogP contribution is -2.39. The predicted octanol–water partition coefficient (Wildman–Crippen LogP) is 3.07. The van der Waals surface area contributed by atoms with Crippen molar-refractivity contribution in [3.8, 4) is 6.07 Å². The van der Waals surface area contributed by atoms with E-state index in [1.165, 1.54) is 11.9 Å². The van der Waals surface area contributed by atoms with Gasteiger partial charge in [0.05, 0.1) is 17.6 Å². The van der Waals surface area contributed by atoms with Gasteiger partial charge in [0, 0.05) is 42.8 Å². The van der Waals surface area contributed by atoms with E-state index in [-0.39, 0.29) is 23.7 Å². The summed E-state index contributed by atoms with van der Waals surface area (Å²) in [6.07, 6.45) is 4.25. The van der Waals surface area contributed by atoms with Crippen molar-refractivity contribution in [1.29, 1.82) is 5.26 Å². The van der Waals surface area contributed by atoms with Crippen molar-refractivity contribution in [3.05, 3.63) is 71.8 Å². The quantitative estimate of drug-likeness (QED) is 0.590. The monoisotopic (exact) mass is 454 g/mol. The van der Waals surface area contributed by atoms with Crippen molar-refractivity contribution >= 4 is 23.2 Å². The van der Waals surface area contributed by atoms with E-state index in [0.29, 0.717) is 24.3 Å². The number of aromatic nitrogens is 3. The second-order valence-corrected chi connectivity index (χ2v) is 9.64. The van der Waals surface area contributed by atoms with Gasteiger partial charge in [-0.2, -0.15) is 10.4 Å². The highest BCUT2D eigenvalue weighted by Gasteiger charge is 2.43. The van der Waals surface area contributed by atoms with Gasteiger partial charge in [-0.05, 0) is 41.8 Å². The number of anilines is 2. The Bertz CT molecular complexity index is 1290. The summed E-state index contributed by atoms with van der Waals surface area (Å²) in [5, 5.41) is 13.3. The minimum Gasteiger partial charge on any atom is -0.312 e. The number of carbonyl (C=O) groups excluding carboxylic acids is 2. The first-order valence-electron chi connectivity index (χ1n) is 11.4. The molecule has 2 aromatic carbocycles. The molecule has 1 atom stereocenters. The first kappa shape index (κ1) is 21.8. The van der Waals surface area contributed by atoms with Crippen molar-refractivity contribution < 1.29 is 9.59 Å². The fourth-order valence-electron chi connectivity index (χ4n) is 4.96. The zero-order valence-electron chi connectivity index (χ0n) is 19.3. The number of hydrogen-bond donors (Lipinski definition) is 0. The van der Waals surface area contributed by atoms with Crippen LogP contribution in [0.4, 0.5) is 11.4 Å². The molecule has 1 aromatic heterocycles. The van der Waals surface area contributed by atoms with Gasteiger partial charge in [0.1, 0.15) is 12.7 Å². The van der Waals surface area contributed by atoms with Crippen LogP contribution in [0.2, 0.25) is 0 Å². The second-order valence-electron chi connectivity index (χ2n) is 9.64. The maximum atomic E-state index is 13.6. The summed E-state index contributed by atoms with van der Waals surface area (Å²) in [6, 6.07) is 15.4. The Morgan fingerprint density at radius 3 is 2.85 bits per heavy atom. The minimum absolute atomic E-state index is 0.0190. The fraction of sp³-hybridized carbons (Fsp3) is 0.346. The molecule has 0 spiro atoms. The van der Waals surface area contributed by atoms with E-state index in [4.69, 9.17) is 0 Å². The Hall–Kier alpha value is -3.99. The number of nitrogens with zero attached hydrogens (tertiary/aromatic N) is 6. The largest absolute Gasteiger partial charge is 0.312 e. The van der Waals surface area contributed by atoms with Crippen molar-refractivity contribution in [2.75, 3.05) is 22.9 Å². The summed E-state index contributed by atoms with van der Waals surface area (Å²) >= 11 is 0. The van der Waals surface area contributed by atoms with Crippen molar-refractivity contribution in [2.24, 2.45) is 5.92 Å². The average Bonchev–Trinajstić information content (AvgIpc) is 3.56. The molecular weight excluding hydrogens is 428 g/mol. The highest BCUT2D eigenvalue weighted by molar-refractivity contribution is 6.05. The Morgan fingerprint density at radius 1 is 1.24 bits per heavy atom. The predicted molar refractivity (Wildman–Crippen MR) is 127 cm³/mol. The van der Waals surface area contributed by atoms with Crippen molar-refractivity contribution in [1.82, 2.24) is 14.8 Å². The van der Waals surface area contributed by atoms with Gasteiger partial charge in [-0.15, -0.1) is 0 Å². The van der Waals surface area contributed by atoms with Crippen LogP contribution in [-0.4, -0.2) is 39.7 Å². The molecule has 0 bridgehead atoms. The van der Waals surface area contributed by atoms with Crippen LogP contribution in [0.1, 0.15) is 37.0 Å². The molecule has 34 heavy (non-hydrogen) atoms. The molecule has 0 saturated carbocycles. The van der Waals surface area contributed by atoms with E-state index in [1.54, 1.807) is 35.5 Å². The van der Waals surface area contributed by atoms with E-state index in [2.05, 4.69) is 42.1 Å². The van der Waals surface area contributed by atoms with Gasteiger partial charge in [-0.25, -0.2) is 4.98 Å². The Morgan fingerprint density at radius 2 is 2.09 bits per heavy atom. The van der Waals surface area contributed by atoms with E-state index >= 15 is 0 Å². The van der Waals surface area contributed by atoms with Crippen LogP contribution >= 0.6 is 0 Å². The van der Waals surface area contributed by atoms with E-state index < -0.39 is 5.92 Å². The van der Waals surface area contributed by atoms with Gasteiger partial charge in [0.2, 0.25) is 11.8 Å². The van der Waals surface area contributed by atoms with Gasteiger partial charge in [-0.3, -0.25) is 14.3 Å². The topological polar surface area (TPSA) is 95.1 Å². The molecule has 1 saturated heterocycles. The number of rotatable bonds is 5. The first-order valence-corrected chi connectivity index (χ1v) is 11.4. The first-order chi connectivity index (χ1) is 16.4. The molecule has 3 aromatic rings. The normalized spacial score (nSPS) is 18.7. The summed E-state index contributed by atoms with van der Waals surface area (Å²) in [7, 11) is 0. The van der Waals surface area contributed by atoms with E-state index in [1.807, 2.05) is 15.6 Å². The number of nitriles is 1. The molecule has 0 radical (unpaired) electrons. The van der Waals surface area contributed by atoms with Crippen LogP contribution in [0, 0.1) is 17.2 Å². The summed E-state index contributed by atoms with van der Waals surface area (Å²) in [4.78, 5) is 33.8. The molecule has 0 unspecified atom stereocenters. The molecule has 2 aliphatic heterocycles. The lowest BCUT2D eigenvalue weighted by atomic mass is 9.86. The smallest absolute Gasteiger partial charge is 0.232 e. The summed E-state index contributed by atoms with van der Waals surface area (Å²) in [5.41, 5.74) is 4.25. The summed E-state index contributed by atoms with van der Waals surface area (Å²) in [5.74, 6) is -0.517. The summed E-state index contributed by atoms with van der Waals surface area (Å²) < 4.78 is 1.81. The van der Waals surface area contributed by atoms with Crippen LogP contribution in [0.5, 0.6) is 0 Å². The maximum absolute atomic E-state index is 13.6.